The first kappa shape index (κ1) is 29.7. The Kier molecular flexibility index (Phi) is 10.0. The molecule has 2 unspecified atom stereocenters. The highest BCUT2D eigenvalue weighted by Gasteiger charge is 2.28. The van der Waals surface area contributed by atoms with Crippen LogP contribution < -0.4 is 5.73 Å². The van der Waals surface area contributed by atoms with E-state index in [0.29, 0.717) is 5.92 Å². The fourth-order valence-electron chi connectivity index (χ4n) is 4.79. The van der Waals surface area contributed by atoms with Crippen molar-refractivity contribution >= 4 is 0 Å². The van der Waals surface area contributed by atoms with Gasteiger partial charge in [0.2, 0.25) is 0 Å². The van der Waals surface area contributed by atoms with Crippen LogP contribution in [-0.2, 0) is 0 Å². The second kappa shape index (κ2) is 12.1. The zero-order chi connectivity index (χ0) is 27.1. The van der Waals surface area contributed by atoms with Crippen molar-refractivity contribution < 1.29 is 0 Å². The largest absolute Gasteiger partial charge is 0.401 e. The Hall–Kier alpha value is -2.54. The summed E-state index contributed by atoms with van der Waals surface area (Å²) in [5.41, 5.74) is 14.4. The molecule has 0 aromatic carbocycles. The highest BCUT2D eigenvalue weighted by Crippen LogP contribution is 2.40. The third-order valence-corrected chi connectivity index (χ3v) is 7.51. The SMILES string of the molecule is C=CCCC1(C)/C=C(/CC(=C)CC)CC2C=C(C(C)(C)C)C=C\C2=C/C=C\C(C(C)(C)C)=C/C=C\1N. The van der Waals surface area contributed by atoms with Gasteiger partial charge in [0.05, 0.1) is 0 Å². The van der Waals surface area contributed by atoms with Gasteiger partial charge in [0.1, 0.15) is 0 Å². The van der Waals surface area contributed by atoms with Crippen LogP contribution in [0.5, 0.6) is 0 Å². The number of fused-ring (bicyclic) bond motifs is 1. The molecule has 1 heteroatoms. The van der Waals surface area contributed by atoms with Crippen molar-refractivity contribution in [1.29, 1.82) is 0 Å². The summed E-state index contributed by atoms with van der Waals surface area (Å²) in [6.45, 7) is 26.5. The molecule has 0 heterocycles. The minimum Gasteiger partial charge on any atom is -0.401 e. The van der Waals surface area contributed by atoms with Gasteiger partial charge >= 0.3 is 0 Å². The van der Waals surface area contributed by atoms with E-state index in [1.165, 1.54) is 27.9 Å². The minimum atomic E-state index is -0.250. The topological polar surface area (TPSA) is 26.0 Å². The molecule has 36 heavy (non-hydrogen) atoms. The van der Waals surface area contributed by atoms with E-state index in [1.807, 2.05) is 6.08 Å². The molecule has 1 nitrogen and oxygen atoms in total. The molecule has 2 aliphatic rings. The predicted octanol–water partition coefficient (Wildman–Crippen LogP) is 10.1. The van der Waals surface area contributed by atoms with Crippen LogP contribution in [0.1, 0.15) is 87.5 Å². The van der Waals surface area contributed by atoms with Crippen molar-refractivity contribution in [1.82, 2.24) is 0 Å². The quantitative estimate of drug-likeness (QED) is 0.372. The standard InChI is InChI=1S/C35H51N/c1-11-13-21-35(10)25-27(22-26(3)12-2)23-29-24-31(34(7,8)9)18-17-28(29)15-14-16-30(33(4,5)6)19-20-32(35)36/h11,14-20,24-25,29H,1,3,12-13,21-23,36H2,2,4-10H3/b16-14-,27-25-,28-15+,30-19+,32-20+. The van der Waals surface area contributed by atoms with Gasteiger partial charge < -0.3 is 5.73 Å². The molecule has 2 atom stereocenters. The number of hydrogen-bond acceptors (Lipinski definition) is 1. The second-order valence-corrected chi connectivity index (χ2v) is 12.9. The van der Waals surface area contributed by atoms with Crippen LogP contribution in [0.25, 0.3) is 0 Å². The van der Waals surface area contributed by atoms with Crippen LogP contribution >= 0.6 is 0 Å². The molecular weight excluding hydrogens is 434 g/mol. The molecular formula is C35H51N. The van der Waals surface area contributed by atoms with Crippen molar-refractivity contribution in [3.8, 4) is 0 Å². The Morgan fingerprint density at radius 1 is 1.03 bits per heavy atom. The first-order valence-corrected chi connectivity index (χ1v) is 13.6. The molecule has 2 rings (SSSR count). The molecule has 0 aromatic heterocycles. The van der Waals surface area contributed by atoms with Gasteiger partial charge in [-0.25, -0.2) is 0 Å². The summed E-state index contributed by atoms with van der Waals surface area (Å²) in [7, 11) is 0. The van der Waals surface area contributed by atoms with E-state index >= 15 is 0 Å². The van der Waals surface area contributed by atoms with Gasteiger partial charge in [-0.1, -0.05) is 128 Å². The normalized spacial score (nSPS) is 30.2. The first-order chi connectivity index (χ1) is 16.7. The third-order valence-electron chi connectivity index (χ3n) is 7.51. The van der Waals surface area contributed by atoms with Crippen LogP contribution in [0.4, 0.5) is 0 Å². The molecule has 2 aliphatic carbocycles. The smallest absolute Gasteiger partial charge is 0.0255 e. The molecule has 0 bridgehead atoms. The first-order valence-electron chi connectivity index (χ1n) is 13.6. The molecule has 0 aromatic rings. The van der Waals surface area contributed by atoms with E-state index < -0.39 is 0 Å². The van der Waals surface area contributed by atoms with E-state index in [-0.39, 0.29) is 16.2 Å². The molecule has 196 valence electrons. The molecule has 0 saturated carbocycles. The van der Waals surface area contributed by atoms with E-state index in [1.54, 1.807) is 0 Å². The summed E-state index contributed by atoms with van der Waals surface area (Å²) in [6, 6.07) is 0. The minimum absolute atomic E-state index is 0.0183. The lowest BCUT2D eigenvalue weighted by Crippen LogP contribution is -2.24. The Morgan fingerprint density at radius 2 is 1.69 bits per heavy atom. The van der Waals surface area contributed by atoms with E-state index in [2.05, 4.69) is 123 Å². The maximum atomic E-state index is 6.87. The Balaban J connectivity index is 2.78. The summed E-state index contributed by atoms with van der Waals surface area (Å²) in [6.07, 6.45) is 27.4. The fourth-order valence-corrected chi connectivity index (χ4v) is 4.79. The van der Waals surface area contributed by atoms with Gasteiger partial charge in [-0.15, -0.1) is 6.58 Å². The van der Waals surface area contributed by atoms with E-state index in [0.717, 1.165) is 37.8 Å². The maximum absolute atomic E-state index is 6.87. The van der Waals surface area contributed by atoms with Gasteiger partial charge in [0.15, 0.2) is 0 Å². The van der Waals surface area contributed by atoms with E-state index in [4.69, 9.17) is 5.73 Å². The zero-order valence-corrected chi connectivity index (χ0v) is 24.4. The van der Waals surface area contributed by atoms with Crippen molar-refractivity contribution in [3.05, 3.63) is 107 Å². The summed E-state index contributed by atoms with van der Waals surface area (Å²) in [4.78, 5) is 0. The second-order valence-electron chi connectivity index (χ2n) is 12.9. The van der Waals surface area contributed by atoms with Crippen molar-refractivity contribution in [2.45, 2.75) is 87.5 Å². The van der Waals surface area contributed by atoms with E-state index in [9.17, 15) is 0 Å². The summed E-state index contributed by atoms with van der Waals surface area (Å²) < 4.78 is 0. The molecule has 2 N–H and O–H groups in total. The number of rotatable bonds is 6. The van der Waals surface area contributed by atoms with Crippen LogP contribution in [0.3, 0.4) is 0 Å². The average Bonchev–Trinajstić information content (AvgIpc) is 2.78. The van der Waals surface area contributed by atoms with Crippen LogP contribution in [0.15, 0.2) is 107 Å². The summed E-state index contributed by atoms with van der Waals surface area (Å²) in [5, 5.41) is 0. The molecule has 0 amide bonds. The van der Waals surface area contributed by atoms with Gasteiger partial charge in [-0.05, 0) is 65.7 Å². The lowest BCUT2D eigenvalue weighted by molar-refractivity contribution is 0.460. The van der Waals surface area contributed by atoms with Crippen molar-refractivity contribution in [3.63, 3.8) is 0 Å². The molecule has 0 spiro atoms. The van der Waals surface area contributed by atoms with Crippen LogP contribution in [0, 0.1) is 22.2 Å². The van der Waals surface area contributed by atoms with Crippen LogP contribution in [-0.4, -0.2) is 0 Å². The summed E-state index contributed by atoms with van der Waals surface area (Å²) in [5.74, 6) is 0.321. The van der Waals surface area contributed by atoms with Crippen molar-refractivity contribution in [2.24, 2.45) is 27.9 Å². The Morgan fingerprint density at radius 3 is 2.28 bits per heavy atom. The predicted molar refractivity (Wildman–Crippen MR) is 161 cm³/mol. The number of hydrogen-bond donors (Lipinski definition) is 1. The maximum Gasteiger partial charge on any atom is 0.0255 e. The highest BCUT2D eigenvalue weighted by molar-refractivity contribution is 5.44. The van der Waals surface area contributed by atoms with Gasteiger partial charge in [0, 0.05) is 17.0 Å². The van der Waals surface area contributed by atoms with Crippen molar-refractivity contribution in [2.75, 3.05) is 0 Å². The average molecular weight is 486 g/mol. The van der Waals surface area contributed by atoms with Gasteiger partial charge in [0.25, 0.3) is 0 Å². The third kappa shape index (κ3) is 8.26. The van der Waals surface area contributed by atoms with Crippen LogP contribution in [0.2, 0.25) is 0 Å². The molecule has 0 saturated heterocycles. The lowest BCUT2D eigenvalue weighted by atomic mass is 9.75. The molecule has 0 fully saturated rings. The monoisotopic (exact) mass is 485 g/mol. The lowest BCUT2D eigenvalue weighted by Gasteiger charge is -2.31. The highest BCUT2D eigenvalue weighted by atomic mass is 14.6. The Labute approximate surface area is 222 Å². The molecule has 0 radical (unpaired) electrons. The van der Waals surface area contributed by atoms with Gasteiger partial charge in [-0.2, -0.15) is 0 Å². The molecule has 0 aliphatic heterocycles. The number of nitrogens with two attached hydrogens (primary N) is 1. The fraction of sp³-hybridized carbons (Fsp3) is 0.486. The van der Waals surface area contributed by atoms with Gasteiger partial charge in [-0.3, -0.25) is 0 Å². The number of allylic oxidation sites excluding steroid dienone is 15. The zero-order valence-electron chi connectivity index (χ0n) is 24.4. The Bertz CT molecular complexity index is 1030. The summed E-state index contributed by atoms with van der Waals surface area (Å²) >= 11 is 0.